The smallest absolute Gasteiger partial charge is 0.133 e. The molecule has 26 heavy (non-hydrogen) atoms. The SMILES string of the molecule is CC(C)CC(=O)CC1C[C@@H]2CC(Oc3ccnc4ccccc34)C[C@@H]2C1. The zero-order valence-corrected chi connectivity index (χ0v) is 15.9. The molecule has 4 rings (SSSR count). The molecule has 138 valence electrons. The van der Waals surface area contributed by atoms with Crippen LogP contribution >= 0.6 is 0 Å². The van der Waals surface area contributed by atoms with Gasteiger partial charge in [0, 0.05) is 24.4 Å². The third-order valence-corrected chi connectivity index (χ3v) is 6.13. The maximum absolute atomic E-state index is 12.1. The van der Waals surface area contributed by atoms with Gasteiger partial charge < -0.3 is 4.74 Å². The molecule has 0 saturated heterocycles. The van der Waals surface area contributed by atoms with E-state index in [1.54, 1.807) is 0 Å². The first-order valence-corrected chi connectivity index (χ1v) is 10.1. The minimum atomic E-state index is 0.308. The molecule has 2 aliphatic rings. The van der Waals surface area contributed by atoms with Gasteiger partial charge in [-0.05, 0) is 67.6 Å². The highest BCUT2D eigenvalue weighted by Crippen LogP contribution is 2.49. The molecular weight excluding hydrogens is 322 g/mol. The second-order valence-electron chi connectivity index (χ2n) is 8.74. The minimum absolute atomic E-state index is 0.308. The lowest BCUT2D eigenvalue weighted by Crippen LogP contribution is -2.15. The van der Waals surface area contributed by atoms with Crippen molar-refractivity contribution >= 4 is 16.7 Å². The molecule has 0 N–H and O–H groups in total. The van der Waals surface area contributed by atoms with E-state index in [1.807, 2.05) is 30.5 Å². The molecule has 3 heteroatoms. The van der Waals surface area contributed by atoms with Gasteiger partial charge in [-0.15, -0.1) is 0 Å². The number of rotatable bonds is 6. The highest BCUT2D eigenvalue weighted by atomic mass is 16.5. The van der Waals surface area contributed by atoms with Crippen molar-refractivity contribution in [1.82, 2.24) is 4.98 Å². The third kappa shape index (κ3) is 3.77. The topological polar surface area (TPSA) is 39.2 Å². The number of aromatic nitrogens is 1. The van der Waals surface area contributed by atoms with Crippen molar-refractivity contribution in [3.8, 4) is 5.75 Å². The first-order chi connectivity index (χ1) is 12.6. The van der Waals surface area contributed by atoms with Crippen molar-refractivity contribution in [3.63, 3.8) is 0 Å². The Morgan fingerprint density at radius 2 is 1.85 bits per heavy atom. The molecule has 0 amide bonds. The van der Waals surface area contributed by atoms with Crippen LogP contribution in [0.3, 0.4) is 0 Å². The van der Waals surface area contributed by atoms with Crippen LogP contribution in [0, 0.1) is 23.7 Å². The van der Waals surface area contributed by atoms with Gasteiger partial charge in [0.25, 0.3) is 0 Å². The highest BCUT2D eigenvalue weighted by molar-refractivity contribution is 5.84. The number of carbonyl (C=O) groups is 1. The molecule has 1 aromatic carbocycles. The van der Waals surface area contributed by atoms with E-state index in [-0.39, 0.29) is 0 Å². The van der Waals surface area contributed by atoms with Gasteiger partial charge >= 0.3 is 0 Å². The van der Waals surface area contributed by atoms with E-state index < -0.39 is 0 Å². The van der Waals surface area contributed by atoms with Crippen molar-refractivity contribution in [2.45, 2.75) is 58.5 Å². The average Bonchev–Trinajstić information content (AvgIpc) is 3.12. The Labute approximate surface area is 156 Å². The fourth-order valence-electron chi connectivity index (χ4n) is 5.16. The monoisotopic (exact) mass is 351 g/mol. The molecule has 0 aliphatic heterocycles. The van der Waals surface area contributed by atoms with Crippen molar-refractivity contribution in [2.24, 2.45) is 23.7 Å². The molecule has 3 nitrogen and oxygen atoms in total. The predicted octanol–water partition coefficient (Wildman–Crippen LogP) is 5.42. The molecule has 2 aliphatic carbocycles. The van der Waals surface area contributed by atoms with E-state index in [1.165, 1.54) is 12.8 Å². The molecule has 2 aromatic rings. The van der Waals surface area contributed by atoms with Gasteiger partial charge in [0.05, 0.1) is 11.6 Å². The normalized spacial score (nSPS) is 27.8. The highest BCUT2D eigenvalue weighted by Gasteiger charge is 2.42. The van der Waals surface area contributed by atoms with Gasteiger partial charge in [-0.3, -0.25) is 9.78 Å². The zero-order valence-electron chi connectivity index (χ0n) is 15.9. The van der Waals surface area contributed by atoms with Crippen molar-refractivity contribution < 1.29 is 9.53 Å². The average molecular weight is 351 g/mol. The third-order valence-electron chi connectivity index (χ3n) is 6.13. The summed E-state index contributed by atoms with van der Waals surface area (Å²) in [4.78, 5) is 16.5. The van der Waals surface area contributed by atoms with E-state index in [9.17, 15) is 4.79 Å². The van der Waals surface area contributed by atoms with E-state index >= 15 is 0 Å². The lowest BCUT2D eigenvalue weighted by atomic mass is 9.93. The molecule has 2 unspecified atom stereocenters. The van der Waals surface area contributed by atoms with Gasteiger partial charge in [0.15, 0.2) is 0 Å². The Balaban J connectivity index is 1.34. The van der Waals surface area contributed by atoms with Gasteiger partial charge in [-0.2, -0.15) is 0 Å². The van der Waals surface area contributed by atoms with Crippen molar-refractivity contribution in [2.75, 3.05) is 0 Å². The van der Waals surface area contributed by atoms with Crippen LogP contribution in [0.15, 0.2) is 36.5 Å². The fraction of sp³-hybridized carbons (Fsp3) is 0.565. The molecule has 2 saturated carbocycles. The number of hydrogen-bond acceptors (Lipinski definition) is 3. The van der Waals surface area contributed by atoms with Crippen LogP contribution in [-0.4, -0.2) is 16.9 Å². The molecular formula is C23H29NO2. The number of ketones is 1. The van der Waals surface area contributed by atoms with Crippen LogP contribution in [-0.2, 0) is 4.79 Å². The lowest BCUT2D eigenvalue weighted by Gasteiger charge is -2.18. The summed E-state index contributed by atoms with van der Waals surface area (Å²) < 4.78 is 6.39. The second-order valence-corrected chi connectivity index (χ2v) is 8.74. The van der Waals surface area contributed by atoms with E-state index in [2.05, 4.69) is 24.9 Å². The van der Waals surface area contributed by atoms with E-state index in [0.717, 1.165) is 54.2 Å². The first-order valence-electron chi connectivity index (χ1n) is 10.1. The Hall–Kier alpha value is -1.90. The first kappa shape index (κ1) is 17.5. The number of fused-ring (bicyclic) bond motifs is 2. The van der Waals surface area contributed by atoms with E-state index in [0.29, 0.717) is 23.7 Å². The summed E-state index contributed by atoms with van der Waals surface area (Å²) in [7, 11) is 0. The summed E-state index contributed by atoms with van der Waals surface area (Å²) in [6, 6.07) is 10.2. The number of nitrogens with zero attached hydrogens (tertiary/aromatic N) is 1. The Morgan fingerprint density at radius 1 is 1.12 bits per heavy atom. The number of hydrogen-bond donors (Lipinski definition) is 0. The van der Waals surface area contributed by atoms with Crippen molar-refractivity contribution in [3.05, 3.63) is 36.5 Å². The number of Topliss-reactive ketones (excluding diaryl/α,β-unsaturated/α-hetero) is 1. The van der Waals surface area contributed by atoms with Crippen LogP contribution in [0.1, 0.15) is 52.4 Å². The summed E-state index contributed by atoms with van der Waals surface area (Å²) in [5.74, 6) is 4.00. The number of para-hydroxylation sites is 1. The molecule has 0 spiro atoms. The maximum Gasteiger partial charge on any atom is 0.133 e. The number of carbonyl (C=O) groups excluding carboxylic acids is 1. The van der Waals surface area contributed by atoms with Crippen LogP contribution < -0.4 is 4.74 Å². The predicted molar refractivity (Wildman–Crippen MR) is 104 cm³/mol. The molecule has 1 aromatic heterocycles. The Kier molecular flexibility index (Phi) is 4.97. The number of pyridine rings is 1. The molecule has 1 heterocycles. The largest absolute Gasteiger partial charge is 0.490 e. The maximum atomic E-state index is 12.1. The summed E-state index contributed by atoms with van der Waals surface area (Å²) in [6.45, 7) is 4.26. The molecule has 4 atom stereocenters. The van der Waals surface area contributed by atoms with Crippen LogP contribution in [0.25, 0.3) is 10.9 Å². The van der Waals surface area contributed by atoms with Gasteiger partial charge in [-0.25, -0.2) is 0 Å². The summed E-state index contributed by atoms with van der Waals surface area (Å²) in [5, 5.41) is 1.10. The van der Waals surface area contributed by atoms with Crippen LogP contribution in [0.2, 0.25) is 0 Å². The quantitative estimate of drug-likeness (QED) is 0.697. The summed E-state index contributed by atoms with van der Waals surface area (Å²) in [6.07, 6.45) is 8.38. The van der Waals surface area contributed by atoms with E-state index in [4.69, 9.17) is 4.74 Å². The standard InChI is InChI=1S/C23H29NO2/c1-15(2)9-19(25)12-16-10-17-13-20(14-18(17)11-16)26-23-7-8-24-22-6-4-3-5-21(22)23/h3-8,15-18,20H,9-14H2,1-2H3/t16?,17-,18+,20?. The number of ether oxygens (including phenoxy) is 1. The van der Waals surface area contributed by atoms with Crippen LogP contribution in [0.5, 0.6) is 5.75 Å². The molecule has 2 fully saturated rings. The fourth-order valence-corrected chi connectivity index (χ4v) is 5.16. The lowest BCUT2D eigenvalue weighted by molar-refractivity contribution is -0.120. The minimum Gasteiger partial charge on any atom is -0.490 e. The second kappa shape index (κ2) is 7.38. The molecule has 0 radical (unpaired) electrons. The Bertz CT molecular complexity index is 765. The van der Waals surface area contributed by atoms with Gasteiger partial charge in [-0.1, -0.05) is 26.0 Å². The summed E-state index contributed by atoms with van der Waals surface area (Å²) >= 11 is 0. The Morgan fingerprint density at radius 3 is 2.58 bits per heavy atom. The molecule has 0 bridgehead atoms. The zero-order chi connectivity index (χ0) is 18.1. The summed E-state index contributed by atoms with van der Waals surface area (Å²) in [5.41, 5.74) is 0.993. The van der Waals surface area contributed by atoms with Gasteiger partial charge in [0.2, 0.25) is 0 Å². The van der Waals surface area contributed by atoms with Crippen molar-refractivity contribution in [1.29, 1.82) is 0 Å². The van der Waals surface area contributed by atoms with Crippen LogP contribution in [0.4, 0.5) is 0 Å². The number of benzene rings is 1. The van der Waals surface area contributed by atoms with Gasteiger partial charge in [0.1, 0.15) is 11.5 Å².